The molecule has 4 aromatic rings. The van der Waals surface area contributed by atoms with E-state index in [1.165, 1.54) is 0 Å². The standard InChI is InChI=1S/C18H13N3O/c22-15-8-4-7-14(11-15)17-12-19-18-10-9-16(20-21(17)18)13-5-2-1-3-6-13/h1-12,22H. The zero-order valence-corrected chi connectivity index (χ0v) is 11.7. The average molecular weight is 287 g/mol. The molecule has 1 N–H and O–H groups in total. The number of aromatic hydroxyl groups is 1. The summed E-state index contributed by atoms with van der Waals surface area (Å²) in [6.07, 6.45) is 1.77. The molecule has 0 unspecified atom stereocenters. The first-order valence-corrected chi connectivity index (χ1v) is 7.01. The van der Waals surface area contributed by atoms with Crippen LogP contribution >= 0.6 is 0 Å². The molecule has 0 bridgehead atoms. The zero-order valence-electron chi connectivity index (χ0n) is 11.7. The van der Waals surface area contributed by atoms with Gasteiger partial charge in [-0.3, -0.25) is 0 Å². The van der Waals surface area contributed by atoms with Gasteiger partial charge >= 0.3 is 0 Å². The van der Waals surface area contributed by atoms with E-state index in [1.807, 2.05) is 54.6 Å². The van der Waals surface area contributed by atoms with Gasteiger partial charge in [0, 0.05) is 11.1 Å². The summed E-state index contributed by atoms with van der Waals surface area (Å²) in [5.74, 6) is 0.228. The molecule has 2 aromatic heterocycles. The number of hydrogen-bond acceptors (Lipinski definition) is 3. The Balaban J connectivity index is 1.91. The molecule has 106 valence electrons. The van der Waals surface area contributed by atoms with Gasteiger partial charge in [-0.25, -0.2) is 9.50 Å². The van der Waals surface area contributed by atoms with Gasteiger partial charge in [-0.15, -0.1) is 0 Å². The summed E-state index contributed by atoms with van der Waals surface area (Å²) in [6.45, 7) is 0. The van der Waals surface area contributed by atoms with Gasteiger partial charge < -0.3 is 5.11 Å². The van der Waals surface area contributed by atoms with Crippen molar-refractivity contribution in [2.75, 3.05) is 0 Å². The van der Waals surface area contributed by atoms with Crippen LogP contribution in [0.3, 0.4) is 0 Å². The Hall–Kier alpha value is -3.14. The normalized spacial score (nSPS) is 10.9. The van der Waals surface area contributed by atoms with Crippen molar-refractivity contribution in [3.05, 3.63) is 72.9 Å². The highest BCUT2D eigenvalue weighted by molar-refractivity contribution is 5.66. The smallest absolute Gasteiger partial charge is 0.154 e. The highest BCUT2D eigenvalue weighted by atomic mass is 16.3. The van der Waals surface area contributed by atoms with Crippen LogP contribution in [0.2, 0.25) is 0 Å². The lowest BCUT2D eigenvalue weighted by atomic mass is 10.1. The van der Waals surface area contributed by atoms with Gasteiger partial charge in [-0.2, -0.15) is 5.10 Å². The monoisotopic (exact) mass is 287 g/mol. The lowest BCUT2D eigenvalue weighted by molar-refractivity contribution is 0.475. The number of hydrogen-bond donors (Lipinski definition) is 1. The van der Waals surface area contributed by atoms with E-state index in [4.69, 9.17) is 0 Å². The minimum atomic E-state index is 0.228. The van der Waals surface area contributed by atoms with Crippen LogP contribution in [0.5, 0.6) is 5.75 Å². The third kappa shape index (κ3) is 2.11. The molecule has 4 nitrogen and oxygen atoms in total. The van der Waals surface area contributed by atoms with Crippen molar-refractivity contribution < 1.29 is 5.11 Å². The molecule has 0 aliphatic rings. The van der Waals surface area contributed by atoms with Crippen LogP contribution in [0.1, 0.15) is 0 Å². The minimum Gasteiger partial charge on any atom is -0.508 e. The number of aromatic nitrogens is 3. The van der Waals surface area contributed by atoms with Crippen molar-refractivity contribution in [2.24, 2.45) is 0 Å². The molecule has 2 heterocycles. The summed E-state index contributed by atoms with van der Waals surface area (Å²) in [5.41, 5.74) is 4.44. The summed E-state index contributed by atoms with van der Waals surface area (Å²) in [7, 11) is 0. The van der Waals surface area contributed by atoms with Crippen LogP contribution in [0.4, 0.5) is 0 Å². The fraction of sp³-hybridized carbons (Fsp3) is 0. The molecule has 4 rings (SSSR count). The summed E-state index contributed by atoms with van der Waals surface area (Å²) >= 11 is 0. The molecule has 0 aliphatic heterocycles. The SMILES string of the molecule is Oc1cccc(-c2cnc3ccc(-c4ccccc4)nn23)c1. The molecule has 4 heteroatoms. The first-order valence-electron chi connectivity index (χ1n) is 7.01. The zero-order chi connectivity index (χ0) is 14.9. The second-order valence-corrected chi connectivity index (χ2v) is 5.05. The third-order valence-electron chi connectivity index (χ3n) is 3.57. The molecule has 0 fully saturated rings. The maximum Gasteiger partial charge on any atom is 0.154 e. The van der Waals surface area contributed by atoms with Crippen molar-refractivity contribution in [1.29, 1.82) is 0 Å². The minimum absolute atomic E-state index is 0.228. The van der Waals surface area contributed by atoms with Crippen LogP contribution in [0.15, 0.2) is 72.9 Å². The lowest BCUT2D eigenvalue weighted by Crippen LogP contribution is -1.96. The fourth-order valence-corrected chi connectivity index (χ4v) is 2.50. The third-order valence-corrected chi connectivity index (χ3v) is 3.57. The predicted molar refractivity (Wildman–Crippen MR) is 85.5 cm³/mol. The van der Waals surface area contributed by atoms with E-state index in [9.17, 15) is 5.11 Å². The number of benzene rings is 2. The molecular formula is C18H13N3O. The van der Waals surface area contributed by atoms with Gasteiger partial charge in [0.25, 0.3) is 0 Å². The Morgan fingerprint density at radius 3 is 2.45 bits per heavy atom. The molecule has 0 saturated carbocycles. The van der Waals surface area contributed by atoms with E-state index >= 15 is 0 Å². The van der Waals surface area contributed by atoms with E-state index in [0.29, 0.717) is 0 Å². The molecular weight excluding hydrogens is 274 g/mol. The van der Waals surface area contributed by atoms with Crippen molar-refractivity contribution >= 4 is 5.65 Å². The Labute approximate surface area is 127 Å². The van der Waals surface area contributed by atoms with Crippen molar-refractivity contribution in [1.82, 2.24) is 14.6 Å². The molecule has 0 atom stereocenters. The quantitative estimate of drug-likeness (QED) is 0.610. The summed E-state index contributed by atoms with van der Waals surface area (Å²) in [6, 6.07) is 21.0. The number of fused-ring (bicyclic) bond motifs is 1. The van der Waals surface area contributed by atoms with Crippen LogP contribution < -0.4 is 0 Å². The molecule has 0 radical (unpaired) electrons. The molecule has 2 aromatic carbocycles. The van der Waals surface area contributed by atoms with Crippen molar-refractivity contribution in [2.45, 2.75) is 0 Å². The molecule has 0 aliphatic carbocycles. The highest BCUT2D eigenvalue weighted by Gasteiger charge is 2.09. The Morgan fingerprint density at radius 2 is 1.64 bits per heavy atom. The van der Waals surface area contributed by atoms with E-state index in [-0.39, 0.29) is 5.75 Å². The van der Waals surface area contributed by atoms with E-state index in [2.05, 4.69) is 10.1 Å². The van der Waals surface area contributed by atoms with Crippen LogP contribution in [0.25, 0.3) is 28.2 Å². The maximum absolute atomic E-state index is 9.67. The first-order chi connectivity index (χ1) is 10.8. The second-order valence-electron chi connectivity index (χ2n) is 5.05. The Morgan fingerprint density at radius 1 is 0.818 bits per heavy atom. The van der Waals surface area contributed by atoms with Crippen LogP contribution in [-0.2, 0) is 0 Å². The number of phenols is 1. The number of imidazole rings is 1. The molecule has 0 spiro atoms. The van der Waals surface area contributed by atoms with Gasteiger partial charge in [0.1, 0.15) is 5.75 Å². The molecule has 0 amide bonds. The molecule has 22 heavy (non-hydrogen) atoms. The van der Waals surface area contributed by atoms with Gasteiger partial charge in [0.2, 0.25) is 0 Å². The van der Waals surface area contributed by atoms with Gasteiger partial charge in [0.15, 0.2) is 5.65 Å². The number of phenolic OH excluding ortho intramolecular Hbond substituents is 1. The first kappa shape index (κ1) is 12.6. The largest absolute Gasteiger partial charge is 0.508 e. The molecule has 0 saturated heterocycles. The Bertz CT molecular complexity index is 945. The summed E-state index contributed by atoms with van der Waals surface area (Å²) < 4.78 is 1.80. The van der Waals surface area contributed by atoms with E-state index in [0.717, 1.165) is 28.2 Å². The van der Waals surface area contributed by atoms with Crippen molar-refractivity contribution in [3.8, 4) is 28.3 Å². The van der Waals surface area contributed by atoms with E-state index < -0.39 is 0 Å². The number of rotatable bonds is 2. The maximum atomic E-state index is 9.67. The van der Waals surface area contributed by atoms with Gasteiger partial charge in [-0.1, -0.05) is 42.5 Å². The van der Waals surface area contributed by atoms with E-state index in [1.54, 1.807) is 22.8 Å². The summed E-state index contributed by atoms with van der Waals surface area (Å²) in [4.78, 5) is 4.38. The number of nitrogens with zero attached hydrogens (tertiary/aromatic N) is 3. The highest BCUT2D eigenvalue weighted by Crippen LogP contribution is 2.25. The van der Waals surface area contributed by atoms with Crippen LogP contribution in [-0.4, -0.2) is 19.7 Å². The topological polar surface area (TPSA) is 50.4 Å². The summed E-state index contributed by atoms with van der Waals surface area (Å²) in [5, 5.41) is 14.4. The van der Waals surface area contributed by atoms with Gasteiger partial charge in [-0.05, 0) is 24.3 Å². The fourth-order valence-electron chi connectivity index (χ4n) is 2.50. The second kappa shape index (κ2) is 5.00. The average Bonchev–Trinajstić information content (AvgIpc) is 2.99. The predicted octanol–water partition coefficient (Wildman–Crippen LogP) is 3.77. The van der Waals surface area contributed by atoms with Crippen molar-refractivity contribution in [3.63, 3.8) is 0 Å². The van der Waals surface area contributed by atoms with Gasteiger partial charge in [0.05, 0.1) is 17.6 Å². The lowest BCUT2D eigenvalue weighted by Gasteiger charge is -2.05. The Kier molecular flexibility index (Phi) is 2.86. The van der Waals surface area contributed by atoms with Crippen LogP contribution in [0, 0.1) is 0 Å².